The van der Waals surface area contributed by atoms with Gasteiger partial charge in [0.2, 0.25) is 11.7 Å². The first-order chi connectivity index (χ1) is 12.5. The van der Waals surface area contributed by atoms with Crippen molar-refractivity contribution in [2.45, 2.75) is 13.1 Å². The van der Waals surface area contributed by atoms with Crippen LogP contribution < -0.4 is 5.32 Å². The van der Waals surface area contributed by atoms with E-state index in [2.05, 4.69) is 25.5 Å². The molecule has 0 unspecified atom stereocenters. The lowest BCUT2D eigenvalue weighted by Gasteiger charge is -2.20. The summed E-state index contributed by atoms with van der Waals surface area (Å²) >= 11 is 5.90. The number of guanidine groups is 1. The summed E-state index contributed by atoms with van der Waals surface area (Å²) in [5.41, 5.74) is 1.95. The van der Waals surface area contributed by atoms with Gasteiger partial charge in [-0.3, -0.25) is 9.67 Å². The van der Waals surface area contributed by atoms with Gasteiger partial charge in [0.25, 0.3) is 0 Å². The molecule has 0 aliphatic heterocycles. The summed E-state index contributed by atoms with van der Waals surface area (Å²) in [6, 6.07) is 7.29. The van der Waals surface area contributed by atoms with Crippen LogP contribution in [0, 0.1) is 0 Å². The second kappa shape index (κ2) is 8.01. The summed E-state index contributed by atoms with van der Waals surface area (Å²) < 4.78 is 7.08. The minimum absolute atomic E-state index is 0.380. The Morgan fingerprint density at radius 2 is 2.12 bits per heavy atom. The molecular weight excluding hydrogens is 354 g/mol. The highest BCUT2D eigenvalue weighted by Crippen LogP contribution is 2.18. The van der Waals surface area contributed by atoms with Crippen LogP contribution in [0.15, 0.2) is 46.2 Å². The largest absolute Gasteiger partial charge is 0.347 e. The van der Waals surface area contributed by atoms with Gasteiger partial charge < -0.3 is 14.7 Å². The Morgan fingerprint density at radius 3 is 2.77 bits per heavy atom. The van der Waals surface area contributed by atoms with Gasteiger partial charge in [0.05, 0.1) is 12.7 Å². The normalized spacial score (nSPS) is 11.6. The fraction of sp³-hybridized carbons (Fsp3) is 0.294. The first-order valence-corrected chi connectivity index (χ1v) is 8.41. The number of aryl methyl sites for hydroxylation is 1. The Bertz CT molecular complexity index is 885. The second-order valence-corrected chi connectivity index (χ2v) is 6.23. The van der Waals surface area contributed by atoms with Gasteiger partial charge in [-0.2, -0.15) is 10.1 Å². The molecule has 3 rings (SSSR count). The molecule has 0 atom stereocenters. The molecule has 0 saturated heterocycles. The van der Waals surface area contributed by atoms with Crippen LogP contribution in [0.4, 0.5) is 0 Å². The van der Waals surface area contributed by atoms with E-state index in [9.17, 15) is 0 Å². The highest BCUT2D eigenvalue weighted by molar-refractivity contribution is 6.30. The van der Waals surface area contributed by atoms with Gasteiger partial charge in [-0.1, -0.05) is 16.8 Å². The summed E-state index contributed by atoms with van der Waals surface area (Å²) in [7, 11) is 5.58. The van der Waals surface area contributed by atoms with E-state index in [0.717, 1.165) is 17.1 Å². The summed E-state index contributed by atoms with van der Waals surface area (Å²) in [5, 5.41) is 12.1. The first kappa shape index (κ1) is 17.9. The third kappa shape index (κ3) is 4.40. The number of aliphatic imine (C=N–C) groups is 1. The molecule has 9 heteroatoms. The first-order valence-electron chi connectivity index (χ1n) is 8.03. The van der Waals surface area contributed by atoms with E-state index in [-0.39, 0.29) is 0 Å². The lowest BCUT2D eigenvalue weighted by molar-refractivity contribution is 0.371. The van der Waals surface area contributed by atoms with E-state index in [0.29, 0.717) is 29.8 Å². The Labute approximate surface area is 156 Å². The molecule has 0 amide bonds. The summed E-state index contributed by atoms with van der Waals surface area (Å²) in [6.45, 7) is 1.07. The Balaban J connectivity index is 1.59. The molecule has 26 heavy (non-hydrogen) atoms. The van der Waals surface area contributed by atoms with Crippen molar-refractivity contribution in [3.8, 4) is 11.4 Å². The second-order valence-electron chi connectivity index (χ2n) is 5.80. The lowest BCUT2D eigenvalue weighted by Crippen LogP contribution is -2.38. The molecule has 8 nitrogen and oxygen atoms in total. The monoisotopic (exact) mass is 373 g/mol. The fourth-order valence-corrected chi connectivity index (χ4v) is 2.61. The van der Waals surface area contributed by atoms with Gasteiger partial charge in [0.15, 0.2) is 5.96 Å². The van der Waals surface area contributed by atoms with E-state index in [1.165, 1.54) is 0 Å². The molecule has 136 valence electrons. The predicted octanol–water partition coefficient (Wildman–Crippen LogP) is 2.33. The van der Waals surface area contributed by atoms with Gasteiger partial charge >= 0.3 is 0 Å². The minimum atomic E-state index is 0.380. The Morgan fingerprint density at radius 1 is 1.35 bits per heavy atom. The number of rotatable bonds is 5. The number of nitrogens with zero attached hydrogens (tertiary/aromatic N) is 6. The zero-order chi connectivity index (χ0) is 18.5. The molecule has 0 spiro atoms. The quantitative estimate of drug-likeness (QED) is 0.545. The molecule has 0 aliphatic rings. The molecule has 3 aromatic rings. The van der Waals surface area contributed by atoms with Crippen molar-refractivity contribution in [3.05, 3.63) is 53.1 Å². The van der Waals surface area contributed by atoms with Crippen molar-refractivity contribution >= 4 is 17.6 Å². The van der Waals surface area contributed by atoms with Crippen molar-refractivity contribution in [3.63, 3.8) is 0 Å². The smallest absolute Gasteiger partial charge is 0.246 e. The maximum atomic E-state index is 5.90. The highest BCUT2D eigenvalue weighted by atomic mass is 35.5. The van der Waals surface area contributed by atoms with Gasteiger partial charge in [-0.15, -0.1) is 0 Å². The van der Waals surface area contributed by atoms with Crippen LogP contribution in [0.5, 0.6) is 0 Å². The van der Waals surface area contributed by atoms with Crippen LogP contribution >= 0.6 is 11.6 Å². The number of benzene rings is 1. The average Bonchev–Trinajstić information content (AvgIpc) is 3.25. The Kier molecular flexibility index (Phi) is 5.52. The van der Waals surface area contributed by atoms with E-state index in [1.54, 1.807) is 23.9 Å². The number of halogens is 1. The molecule has 0 fully saturated rings. The van der Waals surface area contributed by atoms with Gasteiger partial charge in [0, 0.05) is 50.0 Å². The minimum Gasteiger partial charge on any atom is -0.347 e. The maximum Gasteiger partial charge on any atom is 0.246 e. The van der Waals surface area contributed by atoms with Gasteiger partial charge in [0.1, 0.15) is 0 Å². The zero-order valence-electron chi connectivity index (χ0n) is 14.8. The molecule has 0 bridgehead atoms. The fourth-order valence-electron chi connectivity index (χ4n) is 2.48. The van der Waals surface area contributed by atoms with Crippen molar-refractivity contribution in [2.24, 2.45) is 12.0 Å². The predicted molar refractivity (Wildman–Crippen MR) is 99.6 cm³/mol. The van der Waals surface area contributed by atoms with Crippen LogP contribution in [0.25, 0.3) is 11.4 Å². The van der Waals surface area contributed by atoms with Crippen LogP contribution in [0.2, 0.25) is 5.02 Å². The number of nitrogens with one attached hydrogen (secondary N) is 1. The van der Waals surface area contributed by atoms with Crippen molar-refractivity contribution in [2.75, 3.05) is 14.1 Å². The van der Waals surface area contributed by atoms with Gasteiger partial charge in [-0.25, -0.2) is 0 Å². The maximum absolute atomic E-state index is 5.90. The van der Waals surface area contributed by atoms with Crippen LogP contribution in [0.1, 0.15) is 11.5 Å². The number of hydrogen-bond acceptors (Lipinski definition) is 5. The van der Waals surface area contributed by atoms with Crippen molar-refractivity contribution in [1.82, 2.24) is 30.1 Å². The van der Waals surface area contributed by atoms with Crippen molar-refractivity contribution in [1.29, 1.82) is 0 Å². The average molecular weight is 374 g/mol. The van der Waals surface area contributed by atoms with Crippen LogP contribution in [0.3, 0.4) is 0 Å². The van der Waals surface area contributed by atoms with E-state index < -0.39 is 0 Å². The third-order valence-corrected chi connectivity index (χ3v) is 3.97. The molecule has 0 saturated carbocycles. The van der Waals surface area contributed by atoms with E-state index in [4.69, 9.17) is 16.1 Å². The molecule has 1 N–H and O–H groups in total. The van der Waals surface area contributed by atoms with Crippen LogP contribution in [-0.4, -0.2) is 44.9 Å². The SMILES string of the molecule is CN=C(NCc1nc(-c2ccc(Cl)cc2)no1)N(C)Cc1cnn(C)c1. The lowest BCUT2D eigenvalue weighted by atomic mass is 10.2. The van der Waals surface area contributed by atoms with Crippen molar-refractivity contribution < 1.29 is 4.52 Å². The molecule has 0 radical (unpaired) electrons. The van der Waals surface area contributed by atoms with Crippen LogP contribution in [-0.2, 0) is 20.1 Å². The summed E-state index contributed by atoms with van der Waals surface area (Å²) in [5.74, 6) is 1.73. The van der Waals surface area contributed by atoms with Gasteiger partial charge in [-0.05, 0) is 24.3 Å². The third-order valence-electron chi connectivity index (χ3n) is 3.72. The summed E-state index contributed by atoms with van der Waals surface area (Å²) in [4.78, 5) is 10.7. The topological polar surface area (TPSA) is 84.4 Å². The van der Waals surface area contributed by atoms with E-state index in [1.807, 2.05) is 43.5 Å². The zero-order valence-corrected chi connectivity index (χ0v) is 15.6. The summed E-state index contributed by atoms with van der Waals surface area (Å²) in [6.07, 6.45) is 3.81. The van der Waals surface area contributed by atoms with E-state index >= 15 is 0 Å². The molecule has 2 heterocycles. The standard InChI is InChI=1S/C17H20ClN7O/c1-19-17(24(2)10-12-8-21-25(3)11-12)20-9-15-22-16(23-26-15)13-4-6-14(18)7-5-13/h4-8,11H,9-10H2,1-3H3,(H,19,20). The molecule has 0 aliphatic carbocycles. The number of aromatic nitrogens is 4. The Hall–Kier alpha value is -2.87. The molecule has 2 aromatic heterocycles. The highest BCUT2D eigenvalue weighted by Gasteiger charge is 2.12. The molecule has 1 aromatic carbocycles. The molecular formula is C17H20ClN7O. The number of hydrogen-bond donors (Lipinski definition) is 1.